The Morgan fingerprint density at radius 2 is 1.41 bits per heavy atom. The number of hydrogen-bond donors (Lipinski definition) is 0. The third kappa shape index (κ3) is 1.60. The Morgan fingerprint density at radius 3 is 2.12 bits per heavy atom. The van der Waals surface area contributed by atoms with Crippen LogP contribution in [0.5, 0.6) is 0 Å². The van der Waals surface area contributed by atoms with Crippen LogP contribution in [0.3, 0.4) is 0 Å². The molecule has 3 rings (SSSR count). The van der Waals surface area contributed by atoms with Crippen molar-refractivity contribution in [3.63, 3.8) is 0 Å². The summed E-state index contributed by atoms with van der Waals surface area (Å²) in [5, 5.41) is 3.74. The Bertz CT molecular complexity index is 731. The van der Waals surface area contributed by atoms with Crippen molar-refractivity contribution in [1.29, 1.82) is 0 Å². The highest BCUT2D eigenvalue weighted by Crippen LogP contribution is 2.29. The molecule has 0 N–H and O–H groups in total. The minimum Gasteiger partial charge on any atom is -0.276 e. The summed E-state index contributed by atoms with van der Waals surface area (Å²) >= 11 is 5.64. The SMILES string of the molecule is O=C(Cl)c1cc2ccccc2c2ccccc12. The highest BCUT2D eigenvalue weighted by molar-refractivity contribution is 6.68. The van der Waals surface area contributed by atoms with Gasteiger partial charge in [-0.25, -0.2) is 0 Å². The second kappa shape index (κ2) is 3.86. The lowest BCUT2D eigenvalue weighted by molar-refractivity contribution is 0.108. The van der Waals surface area contributed by atoms with Crippen LogP contribution in [0.1, 0.15) is 10.4 Å². The smallest absolute Gasteiger partial charge is 0.253 e. The van der Waals surface area contributed by atoms with Gasteiger partial charge in [0.15, 0.2) is 0 Å². The summed E-state index contributed by atoms with van der Waals surface area (Å²) in [6, 6.07) is 17.7. The van der Waals surface area contributed by atoms with Crippen LogP contribution in [0.4, 0.5) is 0 Å². The Labute approximate surface area is 104 Å². The molecule has 0 fully saturated rings. The molecule has 82 valence electrons. The van der Waals surface area contributed by atoms with E-state index in [1.54, 1.807) is 0 Å². The van der Waals surface area contributed by atoms with Gasteiger partial charge in [0.2, 0.25) is 0 Å². The monoisotopic (exact) mass is 240 g/mol. The molecule has 0 aromatic heterocycles. The van der Waals surface area contributed by atoms with E-state index in [0.717, 1.165) is 21.5 Å². The van der Waals surface area contributed by atoms with Gasteiger partial charge in [-0.15, -0.1) is 0 Å². The first kappa shape index (κ1) is 10.3. The molecule has 0 heterocycles. The molecule has 1 nitrogen and oxygen atoms in total. The van der Waals surface area contributed by atoms with Crippen LogP contribution >= 0.6 is 11.6 Å². The molecular weight excluding hydrogens is 232 g/mol. The predicted octanol–water partition coefficient (Wildman–Crippen LogP) is 4.37. The van der Waals surface area contributed by atoms with Crippen molar-refractivity contribution in [3.8, 4) is 0 Å². The molecule has 0 spiro atoms. The van der Waals surface area contributed by atoms with Gasteiger partial charge >= 0.3 is 0 Å². The number of rotatable bonds is 1. The molecule has 0 saturated carbocycles. The van der Waals surface area contributed by atoms with E-state index in [4.69, 9.17) is 11.6 Å². The Morgan fingerprint density at radius 1 is 0.824 bits per heavy atom. The Hall–Kier alpha value is -1.86. The summed E-state index contributed by atoms with van der Waals surface area (Å²) in [6.45, 7) is 0. The minimum atomic E-state index is -0.410. The van der Waals surface area contributed by atoms with Gasteiger partial charge in [0.05, 0.1) is 0 Å². The fraction of sp³-hybridized carbons (Fsp3) is 0. The average Bonchev–Trinajstić information content (AvgIpc) is 2.37. The van der Waals surface area contributed by atoms with E-state index in [-0.39, 0.29) is 0 Å². The number of hydrogen-bond acceptors (Lipinski definition) is 1. The van der Waals surface area contributed by atoms with Crippen molar-refractivity contribution in [3.05, 3.63) is 60.2 Å². The fourth-order valence-electron chi connectivity index (χ4n) is 2.22. The van der Waals surface area contributed by atoms with Crippen molar-refractivity contribution in [2.45, 2.75) is 0 Å². The van der Waals surface area contributed by atoms with Gasteiger partial charge in [-0.3, -0.25) is 4.79 Å². The topological polar surface area (TPSA) is 17.1 Å². The van der Waals surface area contributed by atoms with E-state index >= 15 is 0 Å². The van der Waals surface area contributed by atoms with Gasteiger partial charge in [0.1, 0.15) is 0 Å². The van der Waals surface area contributed by atoms with Crippen molar-refractivity contribution in [1.82, 2.24) is 0 Å². The normalized spacial score (nSPS) is 10.9. The lowest BCUT2D eigenvalue weighted by Gasteiger charge is -2.07. The summed E-state index contributed by atoms with van der Waals surface area (Å²) in [6.07, 6.45) is 0. The molecule has 0 aliphatic rings. The van der Waals surface area contributed by atoms with Crippen LogP contribution in [-0.4, -0.2) is 5.24 Å². The first-order valence-electron chi connectivity index (χ1n) is 5.38. The second-order valence-electron chi connectivity index (χ2n) is 3.96. The standard InChI is InChI=1S/C15H9ClO/c16-15(17)14-9-10-5-1-2-6-11(10)12-7-3-4-8-13(12)14/h1-9H. The van der Waals surface area contributed by atoms with Gasteiger partial charge in [0, 0.05) is 5.56 Å². The number of fused-ring (bicyclic) bond motifs is 3. The third-order valence-electron chi connectivity index (χ3n) is 2.98. The molecule has 3 aromatic rings. The molecule has 0 aliphatic carbocycles. The van der Waals surface area contributed by atoms with E-state index < -0.39 is 5.24 Å². The Kier molecular flexibility index (Phi) is 2.34. The molecule has 0 unspecified atom stereocenters. The summed E-state index contributed by atoms with van der Waals surface area (Å²) < 4.78 is 0. The van der Waals surface area contributed by atoms with Gasteiger partial charge in [-0.1, -0.05) is 48.5 Å². The van der Waals surface area contributed by atoms with Crippen molar-refractivity contribution >= 4 is 38.4 Å². The molecular formula is C15H9ClO. The molecule has 0 atom stereocenters. The van der Waals surface area contributed by atoms with Crippen LogP contribution in [0, 0.1) is 0 Å². The van der Waals surface area contributed by atoms with Crippen LogP contribution in [-0.2, 0) is 0 Å². The Balaban J connectivity index is 2.59. The zero-order valence-corrected chi connectivity index (χ0v) is 9.74. The summed E-state index contributed by atoms with van der Waals surface area (Å²) in [5.74, 6) is 0. The molecule has 17 heavy (non-hydrogen) atoms. The second-order valence-corrected chi connectivity index (χ2v) is 4.31. The van der Waals surface area contributed by atoms with Gasteiger partial charge < -0.3 is 0 Å². The van der Waals surface area contributed by atoms with Crippen molar-refractivity contribution < 1.29 is 4.79 Å². The van der Waals surface area contributed by atoms with Gasteiger partial charge in [0.25, 0.3) is 5.24 Å². The maximum Gasteiger partial charge on any atom is 0.253 e. The minimum absolute atomic E-state index is 0.410. The number of carbonyl (C=O) groups excluding carboxylic acids is 1. The highest BCUT2D eigenvalue weighted by atomic mass is 35.5. The number of benzene rings is 3. The van der Waals surface area contributed by atoms with E-state index in [9.17, 15) is 4.79 Å². The molecule has 0 saturated heterocycles. The predicted molar refractivity (Wildman–Crippen MR) is 71.6 cm³/mol. The first-order valence-corrected chi connectivity index (χ1v) is 5.75. The van der Waals surface area contributed by atoms with E-state index in [1.807, 2.05) is 48.5 Å². The fourth-order valence-corrected chi connectivity index (χ4v) is 2.37. The number of halogens is 1. The quantitative estimate of drug-likeness (QED) is 0.456. The maximum absolute atomic E-state index is 11.5. The lowest BCUT2D eigenvalue weighted by Crippen LogP contribution is -1.91. The van der Waals surface area contributed by atoms with Crippen LogP contribution in [0.15, 0.2) is 54.6 Å². The number of carbonyl (C=O) groups is 1. The van der Waals surface area contributed by atoms with Crippen LogP contribution < -0.4 is 0 Å². The third-order valence-corrected chi connectivity index (χ3v) is 3.18. The summed E-state index contributed by atoms with van der Waals surface area (Å²) in [7, 11) is 0. The maximum atomic E-state index is 11.5. The highest BCUT2D eigenvalue weighted by Gasteiger charge is 2.10. The van der Waals surface area contributed by atoms with Gasteiger partial charge in [-0.2, -0.15) is 0 Å². The molecule has 0 amide bonds. The lowest BCUT2D eigenvalue weighted by atomic mass is 9.98. The van der Waals surface area contributed by atoms with E-state index in [1.165, 1.54) is 0 Å². The molecule has 3 aromatic carbocycles. The molecule has 0 aliphatic heterocycles. The summed E-state index contributed by atoms with van der Waals surface area (Å²) in [4.78, 5) is 11.5. The average molecular weight is 241 g/mol. The van der Waals surface area contributed by atoms with E-state index in [0.29, 0.717) is 5.56 Å². The largest absolute Gasteiger partial charge is 0.276 e. The molecule has 2 heteroatoms. The van der Waals surface area contributed by atoms with Crippen LogP contribution in [0.2, 0.25) is 0 Å². The molecule has 0 bridgehead atoms. The first-order chi connectivity index (χ1) is 8.27. The van der Waals surface area contributed by atoms with Crippen LogP contribution in [0.25, 0.3) is 21.5 Å². The summed E-state index contributed by atoms with van der Waals surface area (Å²) in [5.41, 5.74) is 0.570. The zero-order valence-electron chi connectivity index (χ0n) is 8.98. The van der Waals surface area contributed by atoms with Crippen molar-refractivity contribution in [2.24, 2.45) is 0 Å². The van der Waals surface area contributed by atoms with Gasteiger partial charge in [-0.05, 0) is 39.2 Å². The van der Waals surface area contributed by atoms with Crippen molar-refractivity contribution in [2.75, 3.05) is 0 Å². The van der Waals surface area contributed by atoms with E-state index in [2.05, 4.69) is 6.07 Å². The molecule has 0 radical (unpaired) electrons. The zero-order chi connectivity index (χ0) is 11.8.